The van der Waals surface area contributed by atoms with Gasteiger partial charge in [0.1, 0.15) is 6.10 Å². The van der Waals surface area contributed by atoms with E-state index in [2.05, 4.69) is 22.5 Å². The molecule has 1 fully saturated rings. The Kier molecular flexibility index (Phi) is 11.1. The monoisotopic (exact) mass is 479 g/mol. The number of rotatable bonds is 8. The fourth-order valence-electron chi connectivity index (χ4n) is 2.55. The highest BCUT2D eigenvalue weighted by molar-refractivity contribution is 14.0. The number of halogens is 1. The fraction of sp³-hybridized carbons (Fsp3) is 0.611. The maximum atomic E-state index is 5.95. The lowest BCUT2D eigenvalue weighted by molar-refractivity contribution is 0.219. The van der Waals surface area contributed by atoms with Crippen LogP contribution in [0, 0.1) is 0 Å². The molecule has 1 aliphatic rings. The number of para-hydroxylation sites is 2. The Labute approximate surface area is 172 Å². The topological polar surface area (TPSA) is 54.9 Å². The van der Waals surface area contributed by atoms with Crippen molar-refractivity contribution in [2.75, 3.05) is 32.5 Å². The first kappa shape index (κ1) is 22.2. The molecule has 25 heavy (non-hydrogen) atoms. The molecule has 5 nitrogen and oxygen atoms in total. The number of hydrogen-bond acceptors (Lipinski definition) is 4. The highest BCUT2D eigenvalue weighted by Gasteiger charge is 2.15. The van der Waals surface area contributed by atoms with Crippen LogP contribution in [0.5, 0.6) is 11.5 Å². The van der Waals surface area contributed by atoms with Crippen molar-refractivity contribution in [3.8, 4) is 11.5 Å². The van der Waals surface area contributed by atoms with Crippen LogP contribution >= 0.6 is 35.7 Å². The number of nitrogens with zero attached hydrogens (tertiary/aromatic N) is 1. The van der Waals surface area contributed by atoms with Crippen molar-refractivity contribution >= 4 is 41.7 Å². The average Bonchev–Trinajstić information content (AvgIpc) is 3.11. The third-order valence-corrected chi connectivity index (χ3v) is 5.17. The largest absolute Gasteiger partial charge is 0.493 e. The lowest BCUT2D eigenvalue weighted by atomic mass is 10.2. The van der Waals surface area contributed by atoms with E-state index in [-0.39, 0.29) is 30.1 Å². The molecule has 0 radical (unpaired) electrons. The summed E-state index contributed by atoms with van der Waals surface area (Å²) in [5.41, 5.74) is 0. The van der Waals surface area contributed by atoms with Gasteiger partial charge in [0.15, 0.2) is 17.5 Å². The van der Waals surface area contributed by atoms with Crippen LogP contribution < -0.4 is 20.1 Å². The van der Waals surface area contributed by atoms with Gasteiger partial charge in [-0.3, -0.25) is 0 Å². The van der Waals surface area contributed by atoms with Gasteiger partial charge in [-0.25, -0.2) is 4.99 Å². The third kappa shape index (κ3) is 7.94. The summed E-state index contributed by atoms with van der Waals surface area (Å²) < 4.78 is 11.3. The summed E-state index contributed by atoms with van der Waals surface area (Å²) in [5, 5.41) is 7.44. The minimum atomic E-state index is -0.0300. The van der Waals surface area contributed by atoms with Crippen LogP contribution in [-0.2, 0) is 0 Å². The highest BCUT2D eigenvalue weighted by Crippen LogP contribution is 2.27. The number of benzene rings is 1. The van der Waals surface area contributed by atoms with Crippen LogP contribution in [0.2, 0.25) is 0 Å². The first-order valence-electron chi connectivity index (χ1n) is 8.66. The Morgan fingerprint density at radius 3 is 2.72 bits per heavy atom. The molecule has 7 heteroatoms. The van der Waals surface area contributed by atoms with E-state index in [4.69, 9.17) is 9.47 Å². The molecule has 142 valence electrons. The predicted octanol–water partition coefficient (Wildman–Crippen LogP) is 3.53. The van der Waals surface area contributed by atoms with Gasteiger partial charge in [0.25, 0.3) is 0 Å². The number of nitrogens with one attached hydrogen (secondary N) is 2. The van der Waals surface area contributed by atoms with Crippen LogP contribution in [0.1, 0.15) is 26.7 Å². The number of methoxy groups -OCH3 is 1. The molecule has 0 aromatic heterocycles. The molecule has 1 heterocycles. The first-order valence-corrected chi connectivity index (χ1v) is 9.71. The number of hydrogen-bond donors (Lipinski definition) is 2. The second kappa shape index (κ2) is 12.5. The van der Waals surface area contributed by atoms with Crippen molar-refractivity contribution in [1.82, 2.24) is 10.6 Å². The lowest BCUT2D eigenvalue weighted by Crippen LogP contribution is -2.40. The minimum Gasteiger partial charge on any atom is -0.493 e. The third-order valence-electron chi connectivity index (χ3n) is 3.77. The standard InChI is InChI=1S/C18H29N3O2S.HI/c1-4-19-18(21-13-15-8-7-11-24-15)20-12-14(2)23-17-10-6-5-9-16(17)22-3;/h5-6,9-10,14-15H,4,7-8,11-13H2,1-3H3,(H2,19,20,21);1H. The van der Waals surface area contributed by atoms with E-state index in [1.54, 1.807) is 7.11 Å². The van der Waals surface area contributed by atoms with Gasteiger partial charge < -0.3 is 20.1 Å². The molecule has 1 saturated heterocycles. The van der Waals surface area contributed by atoms with Crippen molar-refractivity contribution in [1.29, 1.82) is 0 Å². The van der Waals surface area contributed by atoms with Gasteiger partial charge in [-0.1, -0.05) is 12.1 Å². The van der Waals surface area contributed by atoms with E-state index < -0.39 is 0 Å². The molecule has 0 aliphatic carbocycles. The summed E-state index contributed by atoms with van der Waals surface area (Å²) in [6.07, 6.45) is 2.59. The number of thioether (sulfide) groups is 1. The lowest BCUT2D eigenvalue weighted by Gasteiger charge is -2.17. The molecule has 1 aromatic rings. The van der Waals surface area contributed by atoms with Gasteiger partial charge in [0.2, 0.25) is 0 Å². The molecule has 0 bridgehead atoms. The Morgan fingerprint density at radius 1 is 1.32 bits per heavy atom. The van der Waals surface area contributed by atoms with Crippen molar-refractivity contribution in [2.45, 2.75) is 38.0 Å². The van der Waals surface area contributed by atoms with Gasteiger partial charge in [0, 0.05) is 18.3 Å². The van der Waals surface area contributed by atoms with Crippen LogP contribution in [0.3, 0.4) is 0 Å². The smallest absolute Gasteiger partial charge is 0.191 e. The molecule has 2 unspecified atom stereocenters. The molecular formula is C18H30IN3O2S. The quantitative estimate of drug-likeness (QED) is 0.340. The molecule has 0 saturated carbocycles. The Balaban J connectivity index is 0.00000312. The van der Waals surface area contributed by atoms with Gasteiger partial charge in [0.05, 0.1) is 13.7 Å². The van der Waals surface area contributed by atoms with Crippen LogP contribution in [0.25, 0.3) is 0 Å². The Bertz CT molecular complexity index is 525. The summed E-state index contributed by atoms with van der Waals surface area (Å²) in [7, 11) is 1.65. The van der Waals surface area contributed by atoms with Crippen molar-refractivity contribution in [2.24, 2.45) is 4.99 Å². The summed E-state index contributed by atoms with van der Waals surface area (Å²) in [4.78, 5) is 4.65. The van der Waals surface area contributed by atoms with E-state index in [9.17, 15) is 0 Å². The van der Waals surface area contributed by atoms with Crippen molar-refractivity contribution in [3.05, 3.63) is 24.3 Å². The second-order valence-corrected chi connectivity index (χ2v) is 7.22. The molecule has 1 aliphatic heterocycles. The zero-order chi connectivity index (χ0) is 17.2. The number of ether oxygens (including phenoxy) is 2. The van der Waals surface area contributed by atoms with E-state index in [1.165, 1.54) is 18.6 Å². The zero-order valence-electron chi connectivity index (χ0n) is 15.3. The van der Waals surface area contributed by atoms with Crippen LogP contribution in [0.15, 0.2) is 29.3 Å². The van der Waals surface area contributed by atoms with E-state index in [0.29, 0.717) is 11.8 Å². The number of guanidine groups is 1. The van der Waals surface area contributed by atoms with Crippen molar-refractivity contribution < 1.29 is 9.47 Å². The molecule has 0 amide bonds. The van der Waals surface area contributed by atoms with Gasteiger partial charge in [-0.05, 0) is 44.6 Å². The number of aliphatic imine (C=N–C) groups is 1. The normalized spacial score (nSPS) is 18.2. The average molecular weight is 479 g/mol. The molecule has 2 rings (SSSR count). The first-order chi connectivity index (χ1) is 11.7. The maximum absolute atomic E-state index is 5.95. The van der Waals surface area contributed by atoms with E-state index in [1.807, 2.05) is 43.0 Å². The summed E-state index contributed by atoms with van der Waals surface area (Å²) in [5.74, 6) is 3.64. The highest BCUT2D eigenvalue weighted by atomic mass is 127. The molecule has 2 atom stereocenters. The molecular weight excluding hydrogens is 449 g/mol. The molecule has 2 N–H and O–H groups in total. The Morgan fingerprint density at radius 2 is 2.08 bits per heavy atom. The van der Waals surface area contributed by atoms with E-state index in [0.717, 1.165) is 30.5 Å². The Hall–Kier alpha value is -0.830. The maximum Gasteiger partial charge on any atom is 0.191 e. The minimum absolute atomic E-state index is 0. The van der Waals surface area contributed by atoms with Gasteiger partial charge in [-0.15, -0.1) is 24.0 Å². The SMILES string of the molecule is CCNC(=NCC(C)Oc1ccccc1OC)NCC1CCCS1.I. The summed E-state index contributed by atoms with van der Waals surface area (Å²) >= 11 is 2.05. The van der Waals surface area contributed by atoms with Crippen molar-refractivity contribution in [3.63, 3.8) is 0 Å². The zero-order valence-corrected chi connectivity index (χ0v) is 18.4. The fourth-order valence-corrected chi connectivity index (χ4v) is 3.75. The second-order valence-electron chi connectivity index (χ2n) is 5.81. The summed E-state index contributed by atoms with van der Waals surface area (Å²) in [6.45, 7) is 6.51. The predicted molar refractivity (Wildman–Crippen MR) is 118 cm³/mol. The van der Waals surface area contributed by atoms with Crippen LogP contribution in [-0.4, -0.2) is 49.8 Å². The van der Waals surface area contributed by atoms with E-state index >= 15 is 0 Å². The molecule has 0 spiro atoms. The summed E-state index contributed by atoms with van der Waals surface area (Å²) in [6, 6.07) is 7.69. The van der Waals surface area contributed by atoms with Gasteiger partial charge in [-0.2, -0.15) is 11.8 Å². The van der Waals surface area contributed by atoms with Gasteiger partial charge >= 0.3 is 0 Å². The molecule has 1 aromatic carbocycles. The van der Waals surface area contributed by atoms with Crippen LogP contribution in [0.4, 0.5) is 0 Å².